The summed E-state index contributed by atoms with van der Waals surface area (Å²) in [5, 5.41) is 6.61. The molecule has 0 saturated heterocycles. The Morgan fingerprint density at radius 2 is 1.70 bits per heavy atom. The summed E-state index contributed by atoms with van der Waals surface area (Å²) in [6.45, 7) is 0.0361. The third-order valence-electron chi connectivity index (χ3n) is 2.87. The highest BCUT2D eigenvalue weighted by Gasteiger charge is 2.29. The molecule has 0 heterocycles. The van der Waals surface area contributed by atoms with Crippen LogP contribution in [0.15, 0.2) is 59.7 Å². The van der Waals surface area contributed by atoms with E-state index in [2.05, 4.69) is 15.8 Å². The van der Waals surface area contributed by atoms with Crippen LogP contribution in [-0.2, 0) is 11.0 Å². The topological polar surface area (TPSA) is 53.5 Å². The number of benzene rings is 2. The summed E-state index contributed by atoms with van der Waals surface area (Å²) >= 11 is 0. The zero-order valence-corrected chi connectivity index (χ0v) is 12.0. The number of hydrazone groups is 1. The highest BCUT2D eigenvalue weighted by Crippen LogP contribution is 2.28. The Balaban J connectivity index is 1.80. The number of anilines is 1. The van der Waals surface area contributed by atoms with E-state index in [-0.39, 0.29) is 12.5 Å². The SMILES string of the molecule is O=C(CNc1ccccc1)N/N=C/c1ccc(C(F)(F)F)cc1. The van der Waals surface area contributed by atoms with Gasteiger partial charge in [0.1, 0.15) is 0 Å². The van der Waals surface area contributed by atoms with Gasteiger partial charge in [0.2, 0.25) is 0 Å². The second kappa shape index (κ2) is 7.44. The molecule has 0 aliphatic heterocycles. The zero-order chi connectivity index (χ0) is 16.7. The van der Waals surface area contributed by atoms with Crippen molar-refractivity contribution in [1.29, 1.82) is 0 Å². The number of rotatable bonds is 5. The largest absolute Gasteiger partial charge is 0.416 e. The number of hydrogen-bond donors (Lipinski definition) is 2. The van der Waals surface area contributed by atoms with Crippen LogP contribution in [0.4, 0.5) is 18.9 Å². The number of amides is 1. The Labute approximate surface area is 131 Å². The van der Waals surface area contributed by atoms with E-state index in [4.69, 9.17) is 0 Å². The quantitative estimate of drug-likeness (QED) is 0.656. The summed E-state index contributed by atoms with van der Waals surface area (Å²) in [4.78, 5) is 11.6. The van der Waals surface area contributed by atoms with Crippen LogP contribution in [0.2, 0.25) is 0 Å². The van der Waals surface area contributed by atoms with Gasteiger partial charge in [-0.3, -0.25) is 4.79 Å². The predicted molar refractivity (Wildman–Crippen MR) is 82.1 cm³/mol. The molecule has 120 valence electrons. The summed E-state index contributed by atoms with van der Waals surface area (Å²) in [6.07, 6.45) is -3.09. The number of halogens is 3. The second-order valence-electron chi connectivity index (χ2n) is 4.63. The third kappa shape index (κ3) is 5.46. The van der Waals surface area contributed by atoms with E-state index in [0.29, 0.717) is 5.56 Å². The molecule has 4 nitrogen and oxygen atoms in total. The van der Waals surface area contributed by atoms with Gasteiger partial charge in [-0.05, 0) is 29.8 Å². The molecule has 7 heteroatoms. The van der Waals surface area contributed by atoms with Crippen LogP contribution in [0.25, 0.3) is 0 Å². The molecule has 0 saturated carbocycles. The summed E-state index contributed by atoms with van der Waals surface area (Å²) in [6, 6.07) is 13.6. The van der Waals surface area contributed by atoms with Crippen LogP contribution in [0.5, 0.6) is 0 Å². The van der Waals surface area contributed by atoms with Gasteiger partial charge >= 0.3 is 6.18 Å². The molecule has 2 N–H and O–H groups in total. The molecule has 0 bridgehead atoms. The lowest BCUT2D eigenvalue weighted by Gasteiger charge is -2.06. The van der Waals surface area contributed by atoms with Crippen molar-refractivity contribution in [2.75, 3.05) is 11.9 Å². The Hall–Kier alpha value is -2.83. The number of alkyl halides is 3. The van der Waals surface area contributed by atoms with E-state index >= 15 is 0 Å². The maximum absolute atomic E-state index is 12.4. The molecule has 2 aromatic carbocycles. The fourth-order valence-corrected chi connectivity index (χ4v) is 1.71. The minimum Gasteiger partial charge on any atom is -0.376 e. The van der Waals surface area contributed by atoms with Crippen LogP contribution < -0.4 is 10.7 Å². The van der Waals surface area contributed by atoms with Crippen molar-refractivity contribution in [2.45, 2.75) is 6.18 Å². The Morgan fingerprint density at radius 1 is 1.04 bits per heavy atom. The number of nitrogens with zero attached hydrogens (tertiary/aromatic N) is 1. The number of para-hydroxylation sites is 1. The first kappa shape index (κ1) is 16.5. The minimum atomic E-state index is -4.37. The van der Waals surface area contributed by atoms with Gasteiger partial charge in [0.15, 0.2) is 0 Å². The van der Waals surface area contributed by atoms with Gasteiger partial charge in [0.25, 0.3) is 5.91 Å². The third-order valence-corrected chi connectivity index (χ3v) is 2.87. The first-order valence-electron chi connectivity index (χ1n) is 6.73. The van der Waals surface area contributed by atoms with E-state index in [9.17, 15) is 18.0 Å². The Bertz CT molecular complexity index is 667. The van der Waals surface area contributed by atoms with Crippen LogP contribution in [0, 0.1) is 0 Å². The van der Waals surface area contributed by atoms with Crippen molar-refractivity contribution < 1.29 is 18.0 Å². The number of carbonyl (C=O) groups excluding carboxylic acids is 1. The minimum absolute atomic E-state index is 0.0361. The van der Waals surface area contributed by atoms with Gasteiger partial charge < -0.3 is 5.32 Å². The molecule has 0 unspecified atom stereocenters. The summed E-state index contributed by atoms with van der Waals surface area (Å²) in [5.74, 6) is -0.364. The first-order chi connectivity index (χ1) is 10.9. The van der Waals surface area contributed by atoms with Crippen LogP contribution >= 0.6 is 0 Å². The van der Waals surface area contributed by atoms with E-state index in [1.165, 1.54) is 18.3 Å². The lowest BCUT2D eigenvalue weighted by atomic mass is 10.1. The van der Waals surface area contributed by atoms with Gasteiger partial charge in [-0.1, -0.05) is 30.3 Å². The highest BCUT2D eigenvalue weighted by molar-refractivity contribution is 5.84. The van der Waals surface area contributed by atoms with E-state index < -0.39 is 11.7 Å². The molecule has 0 aliphatic carbocycles. The van der Waals surface area contributed by atoms with Crippen LogP contribution in [0.3, 0.4) is 0 Å². The van der Waals surface area contributed by atoms with Gasteiger partial charge in [0, 0.05) is 5.69 Å². The standard InChI is InChI=1S/C16H14F3N3O/c17-16(18,19)13-8-6-12(7-9-13)10-21-22-15(23)11-20-14-4-2-1-3-5-14/h1-10,20H,11H2,(H,22,23)/b21-10+. The number of carbonyl (C=O) groups is 1. The highest BCUT2D eigenvalue weighted by atomic mass is 19.4. The van der Waals surface area contributed by atoms with Crippen molar-refractivity contribution in [2.24, 2.45) is 5.10 Å². The molecule has 0 fully saturated rings. The molecule has 0 aromatic heterocycles. The number of nitrogens with one attached hydrogen (secondary N) is 2. The van der Waals surface area contributed by atoms with Crippen molar-refractivity contribution in [3.05, 3.63) is 65.7 Å². The fourth-order valence-electron chi connectivity index (χ4n) is 1.71. The average Bonchev–Trinajstić information content (AvgIpc) is 2.53. The van der Waals surface area contributed by atoms with E-state index in [1.807, 2.05) is 30.3 Å². The molecule has 0 atom stereocenters. The van der Waals surface area contributed by atoms with Gasteiger partial charge in [-0.2, -0.15) is 18.3 Å². The smallest absolute Gasteiger partial charge is 0.376 e. The Morgan fingerprint density at radius 3 is 2.30 bits per heavy atom. The molecule has 2 rings (SSSR count). The lowest BCUT2D eigenvalue weighted by Crippen LogP contribution is -2.25. The Kier molecular flexibility index (Phi) is 5.35. The molecule has 2 aromatic rings. The predicted octanol–water partition coefficient (Wildman–Crippen LogP) is 3.27. The van der Waals surface area contributed by atoms with Gasteiger partial charge in [-0.15, -0.1) is 0 Å². The molecular formula is C16H14F3N3O. The number of hydrogen-bond acceptors (Lipinski definition) is 3. The van der Waals surface area contributed by atoms with Crippen LogP contribution in [0.1, 0.15) is 11.1 Å². The molecule has 1 amide bonds. The zero-order valence-electron chi connectivity index (χ0n) is 12.0. The van der Waals surface area contributed by atoms with Crippen molar-refractivity contribution >= 4 is 17.8 Å². The maximum Gasteiger partial charge on any atom is 0.416 e. The van der Waals surface area contributed by atoms with Crippen molar-refractivity contribution in [1.82, 2.24) is 5.43 Å². The second-order valence-corrected chi connectivity index (χ2v) is 4.63. The normalized spacial score (nSPS) is 11.4. The lowest BCUT2D eigenvalue weighted by molar-refractivity contribution is -0.137. The molecule has 0 aliphatic rings. The first-order valence-corrected chi connectivity index (χ1v) is 6.73. The van der Waals surface area contributed by atoms with Crippen molar-refractivity contribution in [3.63, 3.8) is 0 Å². The fraction of sp³-hybridized carbons (Fsp3) is 0.125. The van der Waals surface area contributed by atoms with Gasteiger partial charge in [-0.25, -0.2) is 5.43 Å². The summed E-state index contributed by atoms with van der Waals surface area (Å²) < 4.78 is 37.2. The van der Waals surface area contributed by atoms with E-state index in [1.54, 1.807) is 0 Å². The van der Waals surface area contributed by atoms with Crippen LogP contribution in [-0.4, -0.2) is 18.7 Å². The molecule has 23 heavy (non-hydrogen) atoms. The van der Waals surface area contributed by atoms with Crippen molar-refractivity contribution in [3.8, 4) is 0 Å². The average molecular weight is 321 g/mol. The molecular weight excluding hydrogens is 307 g/mol. The maximum atomic E-state index is 12.4. The summed E-state index contributed by atoms with van der Waals surface area (Å²) in [5.41, 5.74) is 2.81. The summed E-state index contributed by atoms with van der Waals surface area (Å²) in [7, 11) is 0. The van der Waals surface area contributed by atoms with E-state index in [0.717, 1.165) is 17.8 Å². The van der Waals surface area contributed by atoms with Gasteiger partial charge in [0.05, 0.1) is 18.3 Å². The monoisotopic (exact) mass is 321 g/mol. The molecule has 0 radical (unpaired) electrons. The molecule has 0 spiro atoms.